The number of carbonyl (C=O) groups is 1. The summed E-state index contributed by atoms with van der Waals surface area (Å²) in [5, 5.41) is 0. The second kappa shape index (κ2) is 5.73. The number of likely N-dealkylation sites (tertiary alicyclic amines) is 1. The van der Waals surface area contributed by atoms with Crippen molar-refractivity contribution in [2.75, 3.05) is 37.8 Å². The van der Waals surface area contributed by atoms with Crippen molar-refractivity contribution in [1.82, 2.24) is 4.90 Å². The Bertz CT molecular complexity index is 488. The normalized spacial score (nSPS) is 22.7. The largest absolute Gasteiger partial charge is 0.397 e. The number of carbonyl (C=O) groups excluding carboxylic acids is 1. The second-order valence-corrected chi connectivity index (χ2v) is 6.32. The van der Waals surface area contributed by atoms with E-state index in [4.69, 9.17) is 5.73 Å². The van der Waals surface area contributed by atoms with Crippen LogP contribution in [0, 0.1) is 11.8 Å². The number of nitrogen functional groups attached to an aromatic ring is 1. The van der Waals surface area contributed by atoms with E-state index in [0.717, 1.165) is 18.8 Å². The lowest BCUT2D eigenvalue weighted by Crippen LogP contribution is -2.42. The monoisotopic (exact) mass is 275 g/mol. The summed E-state index contributed by atoms with van der Waals surface area (Å²) in [6.07, 6.45) is 1.20. The number of nitrogens with zero attached hydrogens (tertiary/aromatic N) is 2. The van der Waals surface area contributed by atoms with Crippen molar-refractivity contribution in [2.45, 2.75) is 20.3 Å². The average Bonchev–Trinajstić information content (AvgIpc) is 2.36. The minimum Gasteiger partial charge on any atom is -0.397 e. The molecule has 0 bridgehead atoms. The number of hydrogen-bond donors (Lipinski definition) is 1. The molecule has 1 aromatic carbocycles. The first-order chi connectivity index (χ1) is 9.38. The highest BCUT2D eigenvalue weighted by molar-refractivity contribution is 5.96. The molecule has 20 heavy (non-hydrogen) atoms. The summed E-state index contributed by atoms with van der Waals surface area (Å²) in [4.78, 5) is 16.5. The van der Waals surface area contributed by atoms with Gasteiger partial charge in [-0.05, 0) is 36.5 Å². The maximum absolute atomic E-state index is 12.6. The lowest BCUT2D eigenvalue weighted by molar-refractivity contribution is 0.0623. The second-order valence-electron chi connectivity index (χ2n) is 6.32. The number of piperidine rings is 1. The van der Waals surface area contributed by atoms with Crippen LogP contribution in [0.4, 0.5) is 11.4 Å². The SMILES string of the molecule is CC1CC(C)CN(C(=O)c2ccc(N(C)C)c(N)c2)C1. The van der Waals surface area contributed by atoms with Gasteiger partial charge in [-0.1, -0.05) is 13.8 Å². The highest BCUT2D eigenvalue weighted by atomic mass is 16.2. The first-order valence-corrected chi connectivity index (χ1v) is 7.24. The van der Waals surface area contributed by atoms with Crippen LogP contribution in [-0.4, -0.2) is 38.0 Å². The predicted octanol–water partition coefficient (Wildman–Crippen LogP) is 2.45. The molecule has 1 saturated heterocycles. The molecule has 2 rings (SSSR count). The van der Waals surface area contributed by atoms with Crippen molar-refractivity contribution in [3.8, 4) is 0 Å². The van der Waals surface area contributed by atoms with Crippen LogP contribution in [0.3, 0.4) is 0 Å². The van der Waals surface area contributed by atoms with E-state index in [1.54, 1.807) is 6.07 Å². The van der Waals surface area contributed by atoms with Crippen molar-refractivity contribution in [1.29, 1.82) is 0 Å². The van der Waals surface area contributed by atoms with E-state index in [9.17, 15) is 4.79 Å². The maximum atomic E-state index is 12.6. The zero-order valence-electron chi connectivity index (χ0n) is 12.9. The summed E-state index contributed by atoms with van der Waals surface area (Å²) >= 11 is 0. The van der Waals surface area contributed by atoms with Gasteiger partial charge in [-0.15, -0.1) is 0 Å². The minimum absolute atomic E-state index is 0.0976. The van der Waals surface area contributed by atoms with Crippen LogP contribution in [0.5, 0.6) is 0 Å². The van der Waals surface area contributed by atoms with E-state index in [-0.39, 0.29) is 5.91 Å². The Morgan fingerprint density at radius 2 is 1.85 bits per heavy atom. The molecule has 1 heterocycles. The molecular formula is C16H25N3O. The van der Waals surface area contributed by atoms with Crippen LogP contribution in [0.25, 0.3) is 0 Å². The molecule has 1 aliphatic heterocycles. The molecule has 0 saturated carbocycles. The zero-order chi connectivity index (χ0) is 14.9. The fourth-order valence-corrected chi connectivity index (χ4v) is 3.11. The third-order valence-electron chi connectivity index (χ3n) is 3.91. The fourth-order valence-electron chi connectivity index (χ4n) is 3.11. The summed E-state index contributed by atoms with van der Waals surface area (Å²) in [5.74, 6) is 1.24. The first-order valence-electron chi connectivity index (χ1n) is 7.24. The van der Waals surface area contributed by atoms with Gasteiger partial charge in [-0.2, -0.15) is 0 Å². The highest BCUT2D eigenvalue weighted by Gasteiger charge is 2.26. The molecule has 0 spiro atoms. The topological polar surface area (TPSA) is 49.6 Å². The Balaban J connectivity index is 2.19. The summed E-state index contributed by atoms with van der Waals surface area (Å²) in [7, 11) is 3.89. The number of nitrogens with two attached hydrogens (primary N) is 1. The average molecular weight is 275 g/mol. The van der Waals surface area contributed by atoms with Gasteiger partial charge in [0, 0.05) is 32.7 Å². The Labute approximate surface area is 121 Å². The molecule has 2 unspecified atom stereocenters. The number of amides is 1. The third kappa shape index (κ3) is 3.06. The van der Waals surface area contributed by atoms with Crippen LogP contribution in [0.15, 0.2) is 18.2 Å². The third-order valence-corrected chi connectivity index (χ3v) is 3.91. The summed E-state index contributed by atoms with van der Waals surface area (Å²) in [5.41, 5.74) is 8.32. The quantitative estimate of drug-likeness (QED) is 0.843. The molecule has 0 radical (unpaired) electrons. The van der Waals surface area contributed by atoms with Gasteiger partial charge < -0.3 is 15.5 Å². The van der Waals surface area contributed by atoms with E-state index in [1.165, 1.54) is 6.42 Å². The number of benzene rings is 1. The van der Waals surface area contributed by atoms with Gasteiger partial charge in [0.15, 0.2) is 0 Å². The van der Waals surface area contributed by atoms with Crippen LogP contribution in [0.2, 0.25) is 0 Å². The van der Waals surface area contributed by atoms with Gasteiger partial charge in [0.1, 0.15) is 0 Å². The Kier molecular flexibility index (Phi) is 4.21. The lowest BCUT2D eigenvalue weighted by atomic mass is 9.91. The molecule has 0 aliphatic carbocycles. The van der Waals surface area contributed by atoms with Gasteiger partial charge in [0.2, 0.25) is 0 Å². The van der Waals surface area contributed by atoms with Crippen molar-refractivity contribution in [2.24, 2.45) is 11.8 Å². The summed E-state index contributed by atoms with van der Waals surface area (Å²) in [6.45, 7) is 6.11. The lowest BCUT2D eigenvalue weighted by Gasteiger charge is -2.35. The Hall–Kier alpha value is -1.71. The number of hydrogen-bond acceptors (Lipinski definition) is 3. The predicted molar refractivity (Wildman–Crippen MR) is 84.0 cm³/mol. The van der Waals surface area contributed by atoms with Gasteiger partial charge in [0.05, 0.1) is 11.4 Å². The van der Waals surface area contributed by atoms with E-state index < -0.39 is 0 Å². The van der Waals surface area contributed by atoms with E-state index in [2.05, 4.69) is 13.8 Å². The highest BCUT2D eigenvalue weighted by Crippen LogP contribution is 2.26. The molecule has 1 amide bonds. The standard InChI is InChI=1S/C16H25N3O/c1-11-7-12(2)10-19(9-11)16(20)13-5-6-15(18(3)4)14(17)8-13/h5-6,8,11-12H,7,9-10,17H2,1-4H3. The molecular weight excluding hydrogens is 250 g/mol. The van der Waals surface area contributed by atoms with E-state index >= 15 is 0 Å². The first kappa shape index (κ1) is 14.7. The molecule has 4 nitrogen and oxygen atoms in total. The Morgan fingerprint density at radius 1 is 1.25 bits per heavy atom. The van der Waals surface area contributed by atoms with Gasteiger partial charge >= 0.3 is 0 Å². The van der Waals surface area contributed by atoms with E-state index in [0.29, 0.717) is 23.1 Å². The molecule has 110 valence electrons. The molecule has 1 aromatic rings. The molecule has 1 fully saturated rings. The maximum Gasteiger partial charge on any atom is 0.253 e. The van der Waals surface area contributed by atoms with Crippen LogP contribution < -0.4 is 10.6 Å². The molecule has 4 heteroatoms. The fraction of sp³-hybridized carbons (Fsp3) is 0.562. The molecule has 0 aromatic heterocycles. The molecule has 2 N–H and O–H groups in total. The smallest absolute Gasteiger partial charge is 0.253 e. The van der Waals surface area contributed by atoms with Crippen molar-refractivity contribution < 1.29 is 4.79 Å². The van der Waals surface area contributed by atoms with Crippen LogP contribution >= 0.6 is 0 Å². The summed E-state index contributed by atoms with van der Waals surface area (Å²) < 4.78 is 0. The van der Waals surface area contributed by atoms with Crippen molar-refractivity contribution in [3.63, 3.8) is 0 Å². The van der Waals surface area contributed by atoms with Crippen molar-refractivity contribution in [3.05, 3.63) is 23.8 Å². The Morgan fingerprint density at radius 3 is 2.35 bits per heavy atom. The zero-order valence-corrected chi connectivity index (χ0v) is 12.9. The van der Waals surface area contributed by atoms with Crippen molar-refractivity contribution >= 4 is 17.3 Å². The van der Waals surface area contributed by atoms with Gasteiger partial charge in [-0.3, -0.25) is 4.79 Å². The molecule has 1 aliphatic rings. The number of rotatable bonds is 2. The molecule has 2 atom stereocenters. The number of anilines is 2. The summed E-state index contributed by atoms with van der Waals surface area (Å²) in [6, 6.07) is 5.58. The van der Waals surface area contributed by atoms with Crippen LogP contribution in [0.1, 0.15) is 30.6 Å². The minimum atomic E-state index is 0.0976. The van der Waals surface area contributed by atoms with Gasteiger partial charge in [-0.25, -0.2) is 0 Å². The van der Waals surface area contributed by atoms with E-state index in [1.807, 2.05) is 36.0 Å². The van der Waals surface area contributed by atoms with Gasteiger partial charge in [0.25, 0.3) is 5.91 Å². The van der Waals surface area contributed by atoms with Crippen LogP contribution in [-0.2, 0) is 0 Å².